The average Bonchev–Trinajstić information content (AvgIpc) is 2.89. The van der Waals surface area contributed by atoms with Crippen LogP contribution in [0.25, 0.3) is 0 Å². The molecule has 2 heterocycles. The molecule has 3 nitrogen and oxygen atoms in total. The van der Waals surface area contributed by atoms with E-state index in [1.54, 1.807) is 4.90 Å². The largest absolute Gasteiger partial charge is 0.445 e. The normalized spacial score (nSPS) is 22.1. The van der Waals surface area contributed by atoms with Crippen molar-refractivity contribution in [2.24, 2.45) is 0 Å². The van der Waals surface area contributed by atoms with Crippen molar-refractivity contribution >= 4 is 51.8 Å². The lowest BCUT2D eigenvalue weighted by Gasteiger charge is -2.34. The second kappa shape index (κ2) is 6.61. The molecule has 0 aromatic rings. The molecular formula is C12H16Cl3NO2S. The lowest BCUT2D eigenvalue weighted by atomic mass is 10.1. The quantitative estimate of drug-likeness (QED) is 0.606. The molecule has 2 aliphatic rings. The number of carbonyl (C=O) groups is 1. The highest BCUT2D eigenvalue weighted by Crippen LogP contribution is 2.42. The van der Waals surface area contributed by atoms with Gasteiger partial charge >= 0.3 is 6.09 Å². The van der Waals surface area contributed by atoms with Gasteiger partial charge in [0.25, 0.3) is 0 Å². The monoisotopic (exact) mass is 343 g/mol. The summed E-state index contributed by atoms with van der Waals surface area (Å²) < 4.78 is 3.43. The number of halogens is 3. The van der Waals surface area contributed by atoms with E-state index in [0.29, 0.717) is 18.3 Å². The van der Waals surface area contributed by atoms with Crippen molar-refractivity contribution in [3.8, 4) is 0 Å². The lowest BCUT2D eigenvalue weighted by molar-refractivity contribution is 0.0975. The molecule has 19 heavy (non-hydrogen) atoms. The Hall–Kier alpha value is -0.0300. The Bertz CT molecular complexity index is 375. The number of allylic oxidation sites excluding steroid dienone is 2. The summed E-state index contributed by atoms with van der Waals surface area (Å²) in [5, 5.41) is 5.22. The first-order chi connectivity index (χ1) is 8.96. The Balaban J connectivity index is 1.75. The van der Waals surface area contributed by atoms with Gasteiger partial charge in [-0.05, 0) is 28.9 Å². The molecule has 0 atom stereocenters. The van der Waals surface area contributed by atoms with Crippen molar-refractivity contribution in [3.63, 3.8) is 0 Å². The second-order valence-electron chi connectivity index (χ2n) is 4.52. The van der Waals surface area contributed by atoms with E-state index < -0.39 is 9.89 Å². The summed E-state index contributed by atoms with van der Waals surface area (Å²) in [7, 11) is -0.131. The maximum Gasteiger partial charge on any atom is 0.409 e. The van der Waals surface area contributed by atoms with E-state index in [9.17, 15) is 4.79 Å². The number of thiol groups is 1. The van der Waals surface area contributed by atoms with E-state index >= 15 is 0 Å². The minimum atomic E-state index is -1.54. The third-order valence-electron chi connectivity index (χ3n) is 3.13. The number of hydrogen-bond acceptors (Lipinski definition) is 2. The van der Waals surface area contributed by atoms with Gasteiger partial charge in [0.1, 0.15) is 6.61 Å². The highest BCUT2D eigenvalue weighted by Gasteiger charge is 2.28. The Morgan fingerprint density at radius 2 is 1.84 bits per heavy atom. The lowest BCUT2D eigenvalue weighted by Crippen LogP contribution is -2.40. The number of carbonyl (C=O) groups excluding carboxylic acids is 1. The highest BCUT2D eigenvalue weighted by molar-refractivity contribution is 8.22. The van der Waals surface area contributed by atoms with Gasteiger partial charge in [-0.2, -0.15) is 0 Å². The van der Waals surface area contributed by atoms with Crippen LogP contribution in [-0.2, 0) is 4.74 Å². The Morgan fingerprint density at radius 3 is 2.37 bits per heavy atom. The second-order valence-corrected chi connectivity index (χ2v) is 9.26. The SMILES string of the molecule is O=C(OCC(Cl)(Cl)Cl)N1CCC([SH]2C=CC=C2)CC1. The fourth-order valence-electron chi connectivity index (χ4n) is 2.17. The number of piperidine rings is 1. The summed E-state index contributed by atoms with van der Waals surface area (Å²) in [5.74, 6) is 0. The van der Waals surface area contributed by atoms with Gasteiger partial charge in [0.05, 0.1) is 0 Å². The molecule has 108 valence electrons. The minimum Gasteiger partial charge on any atom is -0.445 e. The fraction of sp³-hybridized carbons (Fsp3) is 0.583. The number of ether oxygens (including phenoxy) is 1. The summed E-state index contributed by atoms with van der Waals surface area (Å²) in [4.78, 5) is 13.5. The van der Waals surface area contributed by atoms with Crippen molar-refractivity contribution in [1.82, 2.24) is 4.90 Å². The number of likely N-dealkylation sites (tertiary alicyclic amines) is 1. The number of alkyl halides is 3. The molecule has 1 amide bonds. The Morgan fingerprint density at radius 1 is 1.26 bits per heavy atom. The predicted molar refractivity (Wildman–Crippen MR) is 83.5 cm³/mol. The van der Waals surface area contributed by atoms with Crippen LogP contribution < -0.4 is 0 Å². The average molecular weight is 345 g/mol. The zero-order chi connectivity index (χ0) is 13.9. The van der Waals surface area contributed by atoms with Crippen molar-refractivity contribution in [3.05, 3.63) is 23.0 Å². The van der Waals surface area contributed by atoms with Crippen molar-refractivity contribution in [2.45, 2.75) is 21.9 Å². The summed E-state index contributed by atoms with van der Waals surface area (Å²) in [5.41, 5.74) is 0. The molecule has 0 N–H and O–H groups in total. The third kappa shape index (κ3) is 4.78. The molecule has 0 unspecified atom stereocenters. The van der Waals surface area contributed by atoms with Gasteiger partial charge in [-0.25, -0.2) is 15.7 Å². The van der Waals surface area contributed by atoms with Crippen LogP contribution in [0.2, 0.25) is 0 Å². The molecule has 2 aliphatic heterocycles. The van der Waals surface area contributed by atoms with Gasteiger partial charge in [0.2, 0.25) is 3.79 Å². The standard InChI is InChI=1S/C12H16Cl3NO2S/c13-12(14,15)9-18-11(17)16-5-3-10(4-6-16)19-7-1-2-8-19/h1-2,7-8,10,19H,3-6,9H2. The van der Waals surface area contributed by atoms with E-state index in [2.05, 4.69) is 23.0 Å². The maximum atomic E-state index is 11.8. The Labute approximate surface area is 130 Å². The topological polar surface area (TPSA) is 29.5 Å². The first-order valence-electron chi connectivity index (χ1n) is 6.06. The zero-order valence-corrected chi connectivity index (χ0v) is 13.4. The first kappa shape index (κ1) is 15.4. The molecule has 2 rings (SSSR count). The Kier molecular flexibility index (Phi) is 5.35. The van der Waals surface area contributed by atoms with Gasteiger partial charge in [0.15, 0.2) is 0 Å². The van der Waals surface area contributed by atoms with E-state index in [-0.39, 0.29) is 17.5 Å². The minimum absolute atomic E-state index is 0.131. The number of rotatable bonds is 2. The highest BCUT2D eigenvalue weighted by atomic mass is 35.6. The summed E-state index contributed by atoms with van der Waals surface area (Å²) in [6.45, 7) is 1.21. The van der Waals surface area contributed by atoms with E-state index in [0.717, 1.165) is 12.8 Å². The summed E-state index contributed by atoms with van der Waals surface area (Å²) in [6.07, 6.45) is 5.82. The fourth-order valence-corrected chi connectivity index (χ4v) is 4.35. The van der Waals surface area contributed by atoms with E-state index in [4.69, 9.17) is 39.5 Å². The van der Waals surface area contributed by atoms with Crippen LogP contribution >= 0.6 is 45.7 Å². The molecule has 0 aromatic carbocycles. The van der Waals surface area contributed by atoms with Gasteiger partial charge in [-0.3, -0.25) is 0 Å². The van der Waals surface area contributed by atoms with Crippen LogP contribution in [0.3, 0.4) is 0 Å². The van der Waals surface area contributed by atoms with Crippen LogP contribution in [0.15, 0.2) is 23.0 Å². The third-order valence-corrected chi connectivity index (χ3v) is 5.85. The molecule has 0 spiro atoms. The van der Waals surface area contributed by atoms with Gasteiger partial charge in [0, 0.05) is 13.1 Å². The van der Waals surface area contributed by atoms with Crippen LogP contribution in [0, 0.1) is 0 Å². The number of nitrogens with zero attached hydrogens (tertiary/aromatic N) is 1. The molecule has 0 aromatic heterocycles. The van der Waals surface area contributed by atoms with Crippen LogP contribution in [-0.4, -0.2) is 39.7 Å². The zero-order valence-electron chi connectivity index (χ0n) is 10.3. The maximum absolute atomic E-state index is 11.8. The summed E-state index contributed by atoms with van der Waals surface area (Å²) >= 11 is 16.6. The molecular weight excluding hydrogens is 329 g/mol. The van der Waals surface area contributed by atoms with Crippen molar-refractivity contribution < 1.29 is 9.53 Å². The number of amides is 1. The van der Waals surface area contributed by atoms with Gasteiger partial charge in [-0.15, -0.1) is 0 Å². The molecule has 0 aliphatic carbocycles. The molecule has 0 radical (unpaired) electrons. The van der Waals surface area contributed by atoms with E-state index in [1.807, 2.05) is 0 Å². The molecule has 0 saturated carbocycles. The van der Waals surface area contributed by atoms with Crippen molar-refractivity contribution in [2.75, 3.05) is 19.7 Å². The van der Waals surface area contributed by atoms with Crippen LogP contribution in [0.1, 0.15) is 12.8 Å². The van der Waals surface area contributed by atoms with Crippen LogP contribution in [0.5, 0.6) is 0 Å². The van der Waals surface area contributed by atoms with Gasteiger partial charge < -0.3 is 9.64 Å². The smallest absolute Gasteiger partial charge is 0.409 e. The number of hydrogen-bond donors (Lipinski definition) is 1. The molecule has 1 fully saturated rings. The molecule has 1 saturated heterocycles. The molecule has 0 bridgehead atoms. The predicted octanol–water partition coefficient (Wildman–Crippen LogP) is 4.00. The van der Waals surface area contributed by atoms with Crippen LogP contribution in [0.4, 0.5) is 4.79 Å². The van der Waals surface area contributed by atoms with Crippen molar-refractivity contribution in [1.29, 1.82) is 0 Å². The van der Waals surface area contributed by atoms with E-state index in [1.165, 1.54) is 0 Å². The first-order valence-corrected chi connectivity index (χ1v) is 8.75. The molecule has 7 heteroatoms. The van der Waals surface area contributed by atoms with Gasteiger partial charge in [-0.1, -0.05) is 47.0 Å². The summed E-state index contributed by atoms with van der Waals surface area (Å²) in [6, 6.07) is 0.